The zero-order valence-corrected chi connectivity index (χ0v) is 9.77. The minimum Gasteiger partial charge on any atom is -0.212 e. The van der Waals surface area contributed by atoms with E-state index in [1.807, 2.05) is 30.3 Å². The molecule has 1 rings (SSSR count). The smallest absolute Gasteiger partial charge is 0.212 e. The standard InChI is InChI=1S/C10H13ClO2S/c1-10(2,14(11,12)13)8-9-6-4-3-5-7-9/h3-7H,8H2,1-2H3. The second kappa shape index (κ2) is 3.91. The van der Waals surface area contributed by atoms with Crippen molar-refractivity contribution in [3.63, 3.8) is 0 Å². The van der Waals surface area contributed by atoms with E-state index in [2.05, 4.69) is 0 Å². The lowest BCUT2D eigenvalue weighted by atomic mass is 10.0. The molecule has 0 amide bonds. The van der Waals surface area contributed by atoms with E-state index in [9.17, 15) is 8.42 Å². The highest BCUT2D eigenvalue weighted by Crippen LogP contribution is 2.25. The van der Waals surface area contributed by atoms with Crippen LogP contribution in [0.1, 0.15) is 19.4 Å². The molecule has 0 N–H and O–H groups in total. The van der Waals surface area contributed by atoms with Gasteiger partial charge in [0.1, 0.15) is 0 Å². The molecule has 0 bridgehead atoms. The average molecular weight is 233 g/mol. The molecule has 0 heterocycles. The van der Waals surface area contributed by atoms with Gasteiger partial charge in [-0.15, -0.1) is 0 Å². The van der Waals surface area contributed by atoms with Gasteiger partial charge in [0, 0.05) is 10.7 Å². The lowest BCUT2D eigenvalue weighted by molar-refractivity contribution is 0.559. The fourth-order valence-corrected chi connectivity index (χ4v) is 1.68. The van der Waals surface area contributed by atoms with Crippen LogP contribution in [0.15, 0.2) is 30.3 Å². The van der Waals surface area contributed by atoms with Crippen LogP contribution in [0.4, 0.5) is 0 Å². The third-order valence-electron chi connectivity index (χ3n) is 2.13. The summed E-state index contributed by atoms with van der Waals surface area (Å²) in [6.07, 6.45) is 0.430. The second-order valence-electron chi connectivity index (χ2n) is 3.86. The summed E-state index contributed by atoms with van der Waals surface area (Å²) in [5, 5.41) is 0. The summed E-state index contributed by atoms with van der Waals surface area (Å²) >= 11 is 0. The zero-order chi connectivity index (χ0) is 10.8. The van der Waals surface area contributed by atoms with Gasteiger partial charge in [0.25, 0.3) is 0 Å². The molecule has 1 aromatic rings. The Balaban J connectivity index is 2.90. The van der Waals surface area contributed by atoms with E-state index in [0.29, 0.717) is 6.42 Å². The monoisotopic (exact) mass is 232 g/mol. The van der Waals surface area contributed by atoms with Gasteiger partial charge < -0.3 is 0 Å². The largest absolute Gasteiger partial charge is 0.238 e. The molecule has 2 nitrogen and oxygen atoms in total. The molecule has 0 aliphatic heterocycles. The lowest BCUT2D eigenvalue weighted by Crippen LogP contribution is -2.30. The molecular weight excluding hydrogens is 220 g/mol. The van der Waals surface area contributed by atoms with E-state index in [4.69, 9.17) is 10.7 Å². The molecular formula is C10H13ClO2S. The van der Waals surface area contributed by atoms with Gasteiger partial charge in [0.2, 0.25) is 9.05 Å². The van der Waals surface area contributed by atoms with Crippen molar-refractivity contribution in [3.8, 4) is 0 Å². The van der Waals surface area contributed by atoms with Crippen LogP contribution in [0.5, 0.6) is 0 Å². The molecule has 0 fully saturated rings. The molecule has 0 atom stereocenters. The summed E-state index contributed by atoms with van der Waals surface area (Å²) in [4.78, 5) is 0. The Morgan fingerprint density at radius 3 is 2.14 bits per heavy atom. The minimum absolute atomic E-state index is 0.430. The molecule has 1 aromatic carbocycles. The Hall–Kier alpha value is -0.540. The predicted molar refractivity (Wildman–Crippen MR) is 59.0 cm³/mol. The average Bonchev–Trinajstić information content (AvgIpc) is 2.03. The summed E-state index contributed by atoms with van der Waals surface area (Å²) in [6, 6.07) is 9.44. The molecule has 0 spiro atoms. The normalized spacial score (nSPS) is 12.8. The van der Waals surface area contributed by atoms with Gasteiger partial charge >= 0.3 is 0 Å². The lowest BCUT2D eigenvalue weighted by Gasteiger charge is -2.20. The van der Waals surface area contributed by atoms with Crippen LogP contribution in [-0.4, -0.2) is 13.2 Å². The van der Waals surface area contributed by atoms with E-state index in [1.54, 1.807) is 13.8 Å². The Morgan fingerprint density at radius 1 is 1.21 bits per heavy atom. The molecule has 0 aliphatic rings. The van der Waals surface area contributed by atoms with Crippen molar-refractivity contribution < 1.29 is 8.42 Å². The van der Waals surface area contributed by atoms with Crippen molar-refractivity contribution in [2.45, 2.75) is 25.0 Å². The van der Waals surface area contributed by atoms with Crippen molar-refractivity contribution in [2.75, 3.05) is 0 Å². The van der Waals surface area contributed by atoms with E-state index in [-0.39, 0.29) is 0 Å². The predicted octanol–water partition coefficient (Wildman–Crippen LogP) is 2.58. The quantitative estimate of drug-likeness (QED) is 0.751. The van der Waals surface area contributed by atoms with Crippen LogP contribution in [0.25, 0.3) is 0 Å². The van der Waals surface area contributed by atoms with E-state index in [1.165, 1.54) is 0 Å². The van der Waals surface area contributed by atoms with Crippen molar-refractivity contribution in [1.82, 2.24) is 0 Å². The summed E-state index contributed by atoms with van der Waals surface area (Å²) in [5.74, 6) is 0. The third-order valence-corrected chi connectivity index (χ3v) is 4.85. The molecule has 78 valence electrons. The maximum Gasteiger partial charge on any atom is 0.238 e. The first-order valence-electron chi connectivity index (χ1n) is 4.31. The number of halogens is 1. The fraction of sp³-hybridized carbons (Fsp3) is 0.400. The molecule has 0 aliphatic carbocycles. The molecule has 0 saturated heterocycles. The molecule has 0 aromatic heterocycles. The highest BCUT2D eigenvalue weighted by molar-refractivity contribution is 8.14. The van der Waals surface area contributed by atoms with Crippen molar-refractivity contribution in [3.05, 3.63) is 35.9 Å². The fourth-order valence-electron chi connectivity index (χ4n) is 1.17. The van der Waals surface area contributed by atoms with Gasteiger partial charge in [0.05, 0.1) is 4.75 Å². The number of hydrogen-bond donors (Lipinski definition) is 0. The highest BCUT2D eigenvalue weighted by Gasteiger charge is 2.32. The Bertz CT molecular complexity index is 395. The first-order valence-corrected chi connectivity index (χ1v) is 6.62. The van der Waals surface area contributed by atoms with Crippen molar-refractivity contribution in [1.29, 1.82) is 0 Å². The summed E-state index contributed by atoms with van der Waals surface area (Å²) in [6.45, 7) is 3.25. The van der Waals surface area contributed by atoms with E-state index < -0.39 is 13.8 Å². The van der Waals surface area contributed by atoms with E-state index in [0.717, 1.165) is 5.56 Å². The highest BCUT2D eigenvalue weighted by atomic mass is 35.7. The number of benzene rings is 1. The van der Waals surface area contributed by atoms with Crippen LogP contribution >= 0.6 is 10.7 Å². The Morgan fingerprint density at radius 2 is 1.71 bits per heavy atom. The zero-order valence-electron chi connectivity index (χ0n) is 8.20. The van der Waals surface area contributed by atoms with Crippen LogP contribution in [-0.2, 0) is 15.5 Å². The van der Waals surface area contributed by atoms with Crippen LogP contribution in [0.3, 0.4) is 0 Å². The SMILES string of the molecule is CC(C)(Cc1ccccc1)S(=O)(=O)Cl. The Labute approximate surface area is 89.3 Å². The molecule has 0 radical (unpaired) electrons. The van der Waals surface area contributed by atoms with Crippen LogP contribution in [0.2, 0.25) is 0 Å². The topological polar surface area (TPSA) is 34.1 Å². The number of hydrogen-bond acceptors (Lipinski definition) is 2. The number of rotatable bonds is 3. The first kappa shape index (κ1) is 11.5. The summed E-state index contributed by atoms with van der Waals surface area (Å²) in [7, 11) is 1.82. The van der Waals surface area contributed by atoms with Crippen LogP contribution in [0, 0.1) is 0 Å². The van der Waals surface area contributed by atoms with E-state index >= 15 is 0 Å². The van der Waals surface area contributed by atoms with Gasteiger partial charge in [-0.3, -0.25) is 0 Å². The molecule has 14 heavy (non-hydrogen) atoms. The minimum atomic E-state index is -3.53. The van der Waals surface area contributed by atoms with Gasteiger partial charge in [-0.2, -0.15) is 0 Å². The van der Waals surface area contributed by atoms with Gasteiger partial charge in [0.15, 0.2) is 0 Å². The van der Waals surface area contributed by atoms with Gasteiger partial charge in [-0.25, -0.2) is 8.42 Å². The molecule has 4 heteroatoms. The Kier molecular flexibility index (Phi) is 3.22. The summed E-state index contributed by atoms with van der Waals surface area (Å²) in [5.41, 5.74) is 0.974. The van der Waals surface area contributed by atoms with Crippen molar-refractivity contribution in [2.24, 2.45) is 0 Å². The van der Waals surface area contributed by atoms with Gasteiger partial charge in [-0.05, 0) is 25.8 Å². The van der Waals surface area contributed by atoms with Crippen LogP contribution < -0.4 is 0 Å². The molecule has 0 unspecified atom stereocenters. The third kappa shape index (κ3) is 2.72. The maximum absolute atomic E-state index is 11.2. The second-order valence-corrected chi connectivity index (χ2v) is 7.06. The summed E-state index contributed by atoms with van der Waals surface area (Å²) < 4.78 is 21.5. The van der Waals surface area contributed by atoms with Gasteiger partial charge in [-0.1, -0.05) is 30.3 Å². The first-order chi connectivity index (χ1) is 6.33. The van der Waals surface area contributed by atoms with Crippen molar-refractivity contribution >= 4 is 19.7 Å². The maximum atomic E-state index is 11.2. The molecule has 0 saturated carbocycles.